The number of aliphatic carboxylic acids is 1. The van der Waals surface area contributed by atoms with E-state index in [1.165, 1.54) is 7.11 Å². The maximum atomic E-state index is 12.2. The van der Waals surface area contributed by atoms with Crippen LogP contribution in [-0.4, -0.2) is 33.7 Å². The van der Waals surface area contributed by atoms with E-state index in [0.717, 1.165) is 20.4 Å². The topological polar surface area (TPSA) is 71.8 Å². The summed E-state index contributed by atoms with van der Waals surface area (Å²) in [5.41, 5.74) is 1.24. The summed E-state index contributed by atoms with van der Waals surface area (Å²) in [5.74, 6) is -1.32. The molecular formula is C13H11BrN2O4. The molecule has 0 aliphatic carbocycles. The molecule has 0 fully saturated rings. The van der Waals surface area contributed by atoms with E-state index in [9.17, 15) is 9.59 Å². The molecule has 6 nitrogen and oxygen atoms in total. The summed E-state index contributed by atoms with van der Waals surface area (Å²) < 4.78 is 2.57. The van der Waals surface area contributed by atoms with E-state index in [0.29, 0.717) is 5.69 Å². The van der Waals surface area contributed by atoms with Gasteiger partial charge < -0.3 is 9.67 Å². The average Bonchev–Trinajstić information content (AvgIpc) is 2.86. The maximum Gasteiger partial charge on any atom is 0.307 e. The molecule has 104 valence electrons. The van der Waals surface area contributed by atoms with E-state index in [2.05, 4.69) is 15.9 Å². The third kappa shape index (κ3) is 1.82. The van der Waals surface area contributed by atoms with Gasteiger partial charge in [0.25, 0.3) is 5.91 Å². The van der Waals surface area contributed by atoms with Crippen LogP contribution in [0.2, 0.25) is 0 Å². The number of hydrogen-bond acceptors (Lipinski definition) is 3. The third-order valence-electron chi connectivity index (χ3n) is 3.35. The van der Waals surface area contributed by atoms with Crippen molar-refractivity contribution in [3.05, 3.63) is 34.4 Å². The van der Waals surface area contributed by atoms with Gasteiger partial charge in [0, 0.05) is 9.86 Å². The molecule has 1 aromatic heterocycles. The summed E-state index contributed by atoms with van der Waals surface area (Å²) in [5, 5.41) is 11.0. The van der Waals surface area contributed by atoms with Crippen LogP contribution in [0.25, 0.3) is 10.9 Å². The Hall–Kier alpha value is -1.86. The molecule has 0 saturated carbocycles. The van der Waals surface area contributed by atoms with Crippen molar-refractivity contribution in [2.45, 2.75) is 12.6 Å². The zero-order valence-corrected chi connectivity index (χ0v) is 12.1. The van der Waals surface area contributed by atoms with Crippen LogP contribution in [0, 0.1) is 0 Å². The van der Waals surface area contributed by atoms with Crippen LogP contribution in [0.4, 0.5) is 0 Å². The van der Waals surface area contributed by atoms with E-state index in [4.69, 9.17) is 9.94 Å². The Bertz CT molecular complexity index is 724. The predicted octanol–water partition coefficient (Wildman–Crippen LogP) is 2.39. The smallest absolute Gasteiger partial charge is 0.307 e. The average molecular weight is 339 g/mol. The molecule has 1 amide bonds. The standard InChI is InChI=1S/C13H11BrN2O4/c1-20-16-11(6-12(17)18)15-9-5-8(14)3-2-7(9)4-10(15)13(16)19/h2-5,11H,6H2,1H3,(H,17,18). The summed E-state index contributed by atoms with van der Waals surface area (Å²) in [6, 6.07) is 7.37. The van der Waals surface area contributed by atoms with Crippen molar-refractivity contribution in [2.24, 2.45) is 0 Å². The van der Waals surface area contributed by atoms with Crippen molar-refractivity contribution in [3.63, 3.8) is 0 Å². The summed E-state index contributed by atoms with van der Waals surface area (Å²) in [6.45, 7) is 0. The molecule has 0 bridgehead atoms. The van der Waals surface area contributed by atoms with Crippen LogP contribution in [0.3, 0.4) is 0 Å². The lowest BCUT2D eigenvalue weighted by atomic mass is 10.2. The van der Waals surface area contributed by atoms with Crippen molar-refractivity contribution in [2.75, 3.05) is 7.11 Å². The molecule has 2 heterocycles. The molecule has 2 aromatic rings. The van der Waals surface area contributed by atoms with Crippen LogP contribution in [0.5, 0.6) is 0 Å². The first-order chi connectivity index (χ1) is 9.52. The first-order valence-electron chi connectivity index (χ1n) is 5.93. The first kappa shape index (κ1) is 13.1. The highest BCUT2D eigenvalue weighted by Gasteiger charge is 2.39. The van der Waals surface area contributed by atoms with Gasteiger partial charge in [0.2, 0.25) is 0 Å². The fraction of sp³-hybridized carbons (Fsp3) is 0.231. The summed E-state index contributed by atoms with van der Waals surface area (Å²) >= 11 is 3.38. The number of nitrogens with zero attached hydrogens (tertiary/aromatic N) is 2. The van der Waals surface area contributed by atoms with Crippen molar-refractivity contribution < 1.29 is 19.5 Å². The lowest BCUT2D eigenvalue weighted by Gasteiger charge is -2.22. The third-order valence-corrected chi connectivity index (χ3v) is 3.84. The Morgan fingerprint density at radius 1 is 1.45 bits per heavy atom. The first-order valence-corrected chi connectivity index (χ1v) is 6.72. The molecule has 7 heteroatoms. The Morgan fingerprint density at radius 2 is 2.20 bits per heavy atom. The van der Waals surface area contributed by atoms with Crippen molar-refractivity contribution >= 4 is 38.7 Å². The number of fused-ring (bicyclic) bond motifs is 3. The molecule has 0 saturated heterocycles. The Balaban J connectivity index is 2.22. The number of amides is 1. The number of aromatic nitrogens is 1. The highest BCUT2D eigenvalue weighted by atomic mass is 79.9. The van der Waals surface area contributed by atoms with Gasteiger partial charge in [0.05, 0.1) is 19.0 Å². The Kier molecular flexibility index (Phi) is 3.02. The van der Waals surface area contributed by atoms with Gasteiger partial charge in [-0.15, -0.1) is 0 Å². The molecule has 1 atom stereocenters. The largest absolute Gasteiger partial charge is 0.481 e. The number of carboxylic acid groups (broad SMARTS) is 1. The lowest BCUT2D eigenvalue weighted by Crippen LogP contribution is -2.30. The van der Waals surface area contributed by atoms with E-state index >= 15 is 0 Å². The molecule has 1 unspecified atom stereocenters. The van der Waals surface area contributed by atoms with Crippen LogP contribution >= 0.6 is 15.9 Å². The highest BCUT2D eigenvalue weighted by Crippen LogP contribution is 2.36. The predicted molar refractivity (Wildman–Crippen MR) is 74.1 cm³/mol. The van der Waals surface area contributed by atoms with Crippen LogP contribution < -0.4 is 0 Å². The number of hydrogen-bond donors (Lipinski definition) is 1. The van der Waals surface area contributed by atoms with Gasteiger partial charge in [-0.05, 0) is 18.2 Å². The van der Waals surface area contributed by atoms with Gasteiger partial charge in [-0.25, -0.2) is 0 Å². The van der Waals surface area contributed by atoms with Crippen LogP contribution in [0.1, 0.15) is 23.1 Å². The normalized spacial score (nSPS) is 17.8. The molecule has 1 N–H and O–H groups in total. The summed E-state index contributed by atoms with van der Waals surface area (Å²) in [6.07, 6.45) is -0.894. The summed E-state index contributed by atoms with van der Waals surface area (Å²) in [4.78, 5) is 28.3. The molecular weight excluding hydrogens is 328 g/mol. The number of rotatable bonds is 3. The van der Waals surface area contributed by atoms with Gasteiger partial charge in [0.15, 0.2) is 0 Å². The Morgan fingerprint density at radius 3 is 2.85 bits per heavy atom. The molecule has 1 aliphatic rings. The number of carbonyl (C=O) groups excluding carboxylic acids is 1. The molecule has 20 heavy (non-hydrogen) atoms. The van der Waals surface area contributed by atoms with E-state index in [1.807, 2.05) is 18.2 Å². The lowest BCUT2D eigenvalue weighted by molar-refractivity contribution is -0.153. The van der Waals surface area contributed by atoms with E-state index < -0.39 is 12.1 Å². The van der Waals surface area contributed by atoms with Crippen molar-refractivity contribution in [1.29, 1.82) is 0 Å². The minimum Gasteiger partial charge on any atom is -0.481 e. The van der Waals surface area contributed by atoms with Gasteiger partial charge in [0.1, 0.15) is 11.9 Å². The van der Waals surface area contributed by atoms with Crippen LogP contribution in [0.15, 0.2) is 28.7 Å². The SMILES string of the molecule is CON1C(=O)c2cc3ccc(Br)cc3n2C1CC(=O)O. The number of halogens is 1. The summed E-state index contributed by atoms with van der Waals surface area (Å²) in [7, 11) is 1.36. The number of carbonyl (C=O) groups is 2. The fourth-order valence-corrected chi connectivity index (χ4v) is 2.92. The second kappa shape index (κ2) is 4.60. The molecule has 0 radical (unpaired) electrons. The molecule has 3 rings (SSSR count). The zero-order valence-electron chi connectivity index (χ0n) is 10.5. The second-order valence-electron chi connectivity index (χ2n) is 4.49. The quantitative estimate of drug-likeness (QED) is 0.932. The highest BCUT2D eigenvalue weighted by molar-refractivity contribution is 9.10. The van der Waals surface area contributed by atoms with Crippen molar-refractivity contribution in [3.8, 4) is 0 Å². The number of hydroxylamine groups is 2. The van der Waals surface area contributed by atoms with Gasteiger partial charge in [-0.2, -0.15) is 5.06 Å². The Labute approximate surface area is 122 Å². The number of benzene rings is 1. The zero-order chi connectivity index (χ0) is 14.4. The van der Waals surface area contributed by atoms with Gasteiger partial charge >= 0.3 is 5.97 Å². The minimum atomic E-state index is -0.991. The second-order valence-corrected chi connectivity index (χ2v) is 5.41. The van der Waals surface area contributed by atoms with Crippen molar-refractivity contribution in [1.82, 2.24) is 9.63 Å². The number of carboxylic acids is 1. The molecule has 1 aliphatic heterocycles. The molecule has 0 spiro atoms. The fourth-order valence-electron chi connectivity index (χ4n) is 2.57. The van der Waals surface area contributed by atoms with Crippen LogP contribution in [-0.2, 0) is 9.63 Å². The van der Waals surface area contributed by atoms with E-state index in [1.54, 1.807) is 10.6 Å². The monoisotopic (exact) mass is 338 g/mol. The maximum absolute atomic E-state index is 12.2. The minimum absolute atomic E-state index is 0.219. The van der Waals surface area contributed by atoms with E-state index in [-0.39, 0.29) is 12.3 Å². The molecule has 1 aromatic carbocycles. The van der Waals surface area contributed by atoms with Gasteiger partial charge in [-0.3, -0.25) is 14.4 Å². The van der Waals surface area contributed by atoms with Gasteiger partial charge in [-0.1, -0.05) is 22.0 Å².